The maximum absolute atomic E-state index is 12.3. The molecular formula is C17H19N3O4. The van der Waals surface area contributed by atoms with Crippen molar-refractivity contribution >= 4 is 17.6 Å². The van der Waals surface area contributed by atoms with E-state index < -0.39 is 0 Å². The van der Waals surface area contributed by atoms with Crippen LogP contribution in [0.2, 0.25) is 0 Å². The lowest BCUT2D eigenvalue weighted by atomic mass is 10.1. The van der Waals surface area contributed by atoms with Crippen LogP contribution in [-0.2, 0) is 22.4 Å². The van der Waals surface area contributed by atoms with Crippen molar-refractivity contribution in [3.05, 3.63) is 41.2 Å². The number of ether oxygens (including phenoxy) is 1. The molecule has 1 aromatic heterocycles. The number of amides is 2. The van der Waals surface area contributed by atoms with Gasteiger partial charge in [-0.05, 0) is 24.1 Å². The molecule has 0 saturated heterocycles. The largest absolute Gasteiger partial charge is 0.493 e. The van der Waals surface area contributed by atoms with Crippen molar-refractivity contribution in [2.75, 3.05) is 25.5 Å². The number of hydrogen-bond acceptors (Lipinski definition) is 5. The zero-order valence-electron chi connectivity index (χ0n) is 13.7. The number of carbonyl (C=O) groups excluding carboxylic acids is 2. The minimum Gasteiger partial charge on any atom is -0.493 e. The van der Waals surface area contributed by atoms with Gasteiger partial charge in [-0.2, -0.15) is 0 Å². The summed E-state index contributed by atoms with van der Waals surface area (Å²) in [5.41, 5.74) is 2.05. The third-order valence-electron chi connectivity index (χ3n) is 3.81. The summed E-state index contributed by atoms with van der Waals surface area (Å²) in [5.74, 6) is 1.40. The average molecular weight is 329 g/mol. The van der Waals surface area contributed by atoms with Crippen LogP contribution in [0.5, 0.6) is 5.75 Å². The fraction of sp³-hybridized carbons (Fsp3) is 0.353. The molecule has 1 N–H and O–H groups in total. The molecule has 1 aromatic carbocycles. The Kier molecular flexibility index (Phi) is 4.50. The van der Waals surface area contributed by atoms with Crippen LogP contribution in [0.1, 0.15) is 16.9 Å². The van der Waals surface area contributed by atoms with E-state index >= 15 is 0 Å². The predicted octanol–water partition coefficient (Wildman–Crippen LogP) is 1.56. The third-order valence-corrected chi connectivity index (χ3v) is 3.81. The van der Waals surface area contributed by atoms with E-state index in [9.17, 15) is 9.59 Å². The van der Waals surface area contributed by atoms with Crippen LogP contribution in [0, 0.1) is 6.92 Å². The Morgan fingerprint density at radius 2 is 2.17 bits per heavy atom. The van der Waals surface area contributed by atoms with E-state index in [0.29, 0.717) is 18.2 Å². The summed E-state index contributed by atoms with van der Waals surface area (Å²) in [4.78, 5) is 25.6. The maximum atomic E-state index is 12.3. The number of rotatable bonds is 5. The second kappa shape index (κ2) is 6.74. The van der Waals surface area contributed by atoms with Crippen LogP contribution in [0.4, 0.5) is 5.82 Å². The first-order chi connectivity index (χ1) is 11.5. The Balaban J connectivity index is 1.53. The Hall–Kier alpha value is -2.83. The van der Waals surface area contributed by atoms with Gasteiger partial charge in [0.05, 0.1) is 19.6 Å². The van der Waals surface area contributed by atoms with Gasteiger partial charge < -0.3 is 19.5 Å². The average Bonchev–Trinajstić information content (AvgIpc) is 3.15. The molecule has 1 aliphatic heterocycles. The summed E-state index contributed by atoms with van der Waals surface area (Å²) in [6.45, 7) is 2.38. The first-order valence-corrected chi connectivity index (χ1v) is 7.73. The van der Waals surface area contributed by atoms with E-state index in [-0.39, 0.29) is 24.8 Å². The second-order valence-electron chi connectivity index (χ2n) is 5.84. The number of nitrogens with one attached hydrogen (secondary N) is 1. The SMILES string of the molecule is Cc1cc(NC(=O)CN(C)C(=O)Cc2ccc3c(c2)CCO3)no1. The number of benzene rings is 1. The van der Waals surface area contributed by atoms with Crippen molar-refractivity contribution in [1.29, 1.82) is 0 Å². The Morgan fingerprint density at radius 3 is 2.92 bits per heavy atom. The highest BCUT2D eigenvalue weighted by Gasteiger charge is 2.17. The summed E-state index contributed by atoms with van der Waals surface area (Å²) in [6, 6.07) is 7.39. The maximum Gasteiger partial charge on any atom is 0.245 e. The van der Waals surface area contributed by atoms with Gasteiger partial charge in [0.25, 0.3) is 0 Å². The number of likely N-dealkylation sites (N-methyl/N-ethyl adjacent to an activating group) is 1. The minimum absolute atomic E-state index is 0.0429. The van der Waals surface area contributed by atoms with Crippen molar-refractivity contribution in [2.24, 2.45) is 0 Å². The van der Waals surface area contributed by atoms with E-state index in [1.807, 2.05) is 18.2 Å². The first-order valence-electron chi connectivity index (χ1n) is 7.73. The smallest absolute Gasteiger partial charge is 0.245 e. The lowest BCUT2D eigenvalue weighted by Crippen LogP contribution is -2.35. The fourth-order valence-corrected chi connectivity index (χ4v) is 2.57. The normalized spacial score (nSPS) is 12.4. The van der Waals surface area contributed by atoms with E-state index in [4.69, 9.17) is 9.26 Å². The molecule has 0 radical (unpaired) electrons. The zero-order chi connectivity index (χ0) is 17.1. The molecule has 7 heteroatoms. The summed E-state index contributed by atoms with van der Waals surface area (Å²) < 4.78 is 10.3. The van der Waals surface area contributed by atoms with Crippen molar-refractivity contribution in [3.8, 4) is 5.75 Å². The van der Waals surface area contributed by atoms with Gasteiger partial charge in [0.2, 0.25) is 11.8 Å². The first kappa shape index (κ1) is 16.0. The van der Waals surface area contributed by atoms with Gasteiger partial charge in [0.15, 0.2) is 5.82 Å². The van der Waals surface area contributed by atoms with Crippen molar-refractivity contribution in [3.63, 3.8) is 0 Å². The van der Waals surface area contributed by atoms with E-state index in [0.717, 1.165) is 23.3 Å². The van der Waals surface area contributed by atoms with Crippen molar-refractivity contribution < 1.29 is 18.8 Å². The van der Waals surface area contributed by atoms with Crippen molar-refractivity contribution in [1.82, 2.24) is 10.1 Å². The predicted molar refractivity (Wildman–Crippen MR) is 86.9 cm³/mol. The molecular weight excluding hydrogens is 310 g/mol. The van der Waals surface area contributed by atoms with Gasteiger partial charge in [-0.1, -0.05) is 17.3 Å². The van der Waals surface area contributed by atoms with E-state index in [1.165, 1.54) is 4.90 Å². The number of carbonyl (C=O) groups is 2. The number of aromatic nitrogens is 1. The summed E-state index contributed by atoms with van der Waals surface area (Å²) in [6.07, 6.45) is 1.12. The Labute approximate surface area is 139 Å². The monoisotopic (exact) mass is 329 g/mol. The van der Waals surface area contributed by atoms with Crippen LogP contribution in [0.3, 0.4) is 0 Å². The molecule has 2 amide bonds. The van der Waals surface area contributed by atoms with Gasteiger partial charge in [0, 0.05) is 19.5 Å². The second-order valence-corrected chi connectivity index (χ2v) is 5.84. The molecule has 0 saturated carbocycles. The quantitative estimate of drug-likeness (QED) is 0.900. The molecule has 0 spiro atoms. The van der Waals surface area contributed by atoms with Crippen LogP contribution in [0.25, 0.3) is 0 Å². The van der Waals surface area contributed by atoms with Crippen LogP contribution >= 0.6 is 0 Å². The highest BCUT2D eigenvalue weighted by Crippen LogP contribution is 2.26. The number of hydrogen-bond donors (Lipinski definition) is 1. The number of aryl methyl sites for hydroxylation is 1. The highest BCUT2D eigenvalue weighted by atomic mass is 16.5. The van der Waals surface area contributed by atoms with Gasteiger partial charge in [0.1, 0.15) is 11.5 Å². The van der Waals surface area contributed by atoms with Gasteiger partial charge >= 0.3 is 0 Å². The summed E-state index contributed by atoms with van der Waals surface area (Å²) in [5, 5.41) is 6.28. The lowest BCUT2D eigenvalue weighted by molar-refractivity contribution is -0.132. The molecule has 1 aliphatic rings. The molecule has 126 valence electrons. The molecule has 0 atom stereocenters. The molecule has 7 nitrogen and oxygen atoms in total. The topological polar surface area (TPSA) is 84.7 Å². The summed E-state index contributed by atoms with van der Waals surface area (Å²) >= 11 is 0. The van der Waals surface area contributed by atoms with Crippen LogP contribution in [-0.4, -0.2) is 42.1 Å². The highest BCUT2D eigenvalue weighted by molar-refractivity contribution is 5.94. The molecule has 0 aliphatic carbocycles. The molecule has 0 bridgehead atoms. The third kappa shape index (κ3) is 3.73. The van der Waals surface area contributed by atoms with E-state index in [1.54, 1.807) is 20.0 Å². The standard InChI is InChI=1S/C17H19N3O4/c1-11-7-15(19-24-11)18-16(21)10-20(2)17(22)9-12-3-4-14-13(8-12)5-6-23-14/h3-4,7-8H,5-6,9-10H2,1-2H3,(H,18,19,21). The van der Waals surface area contributed by atoms with Crippen LogP contribution in [0.15, 0.2) is 28.8 Å². The lowest BCUT2D eigenvalue weighted by Gasteiger charge is -2.16. The van der Waals surface area contributed by atoms with Crippen LogP contribution < -0.4 is 10.1 Å². The Bertz CT molecular complexity index is 769. The van der Waals surface area contributed by atoms with Gasteiger partial charge in [-0.3, -0.25) is 9.59 Å². The minimum atomic E-state index is -0.318. The number of anilines is 1. The molecule has 3 rings (SSSR count). The molecule has 0 unspecified atom stereocenters. The Morgan fingerprint density at radius 1 is 1.33 bits per heavy atom. The van der Waals surface area contributed by atoms with Gasteiger partial charge in [-0.15, -0.1) is 0 Å². The molecule has 24 heavy (non-hydrogen) atoms. The zero-order valence-corrected chi connectivity index (χ0v) is 13.7. The van der Waals surface area contributed by atoms with Gasteiger partial charge in [-0.25, -0.2) is 0 Å². The molecule has 2 heterocycles. The van der Waals surface area contributed by atoms with E-state index in [2.05, 4.69) is 10.5 Å². The molecule has 0 fully saturated rings. The number of fused-ring (bicyclic) bond motifs is 1. The molecule has 2 aromatic rings. The number of nitrogens with zero attached hydrogens (tertiary/aromatic N) is 2. The summed E-state index contributed by atoms with van der Waals surface area (Å²) in [7, 11) is 1.60. The van der Waals surface area contributed by atoms with Crippen molar-refractivity contribution in [2.45, 2.75) is 19.8 Å². The fourth-order valence-electron chi connectivity index (χ4n) is 2.57.